The summed E-state index contributed by atoms with van der Waals surface area (Å²) in [6.45, 7) is 3.71. The number of H-pyrrole nitrogens is 1. The summed E-state index contributed by atoms with van der Waals surface area (Å²) < 4.78 is 39.6. The number of nitrogens with one attached hydrogen (secondary N) is 1. The van der Waals surface area contributed by atoms with E-state index in [2.05, 4.69) is 20.3 Å². The number of nitrogens with zero attached hydrogens (tertiary/aromatic N) is 6. The summed E-state index contributed by atoms with van der Waals surface area (Å²) in [7, 11) is 0. The number of aromatic amines is 1. The van der Waals surface area contributed by atoms with Gasteiger partial charge in [0.25, 0.3) is 0 Å². The van der Waals surface area contributed by atoms with Crippen molar-refractivity contribution in [1.29, 1.82) is 0 Å². The Kier molecular flexibility index (Phi) is 4.12. The van der Waals surface area contributed by atoms with Crippen molar-refractivity contribution in [2.24, 2.45) is 16.7 Å². The highest BCUT2D eigenvalue weighted by molar-refractivity contribution is 5.77. The van der Waals surface area contributed by atoms with Gasteiger partial charge < -0.3 is 14.8 Å². The molecule has 1 N–H and O–H groups in total. The topological polar surface area (TPSA) is 82.9 Å². The first-order valence-electron chi connectivity index (χ1n) is 12.3. The van der Waals surface area contributed by atoms with Gasteiger partial charge in [0.1, 0.15) is 11.6 Å². The molecule has 34 heavy (non-hydrogen) atoms. The number of halogens is 3. The van der Waals surface area contributed by atoms with Gasteiger partial charge in [-0.3, -0.25) is 4.68 Å². The van der Waals surface area contributed by atoms with Gasteiger partial charge in [-0.05, 0) is 44.4 Å². The monoisotopic (exact) mass is 475 g/mol. The van der Waals surface area contributed by atoms with E-state index in [1.54, 1.807) is 0 Å². The van der Waals surface area contributed by atoms with Crippen LogP contribution >= 0.6 is 0 Å². The van der Waals surface area contributed by atoms with Gasteiger partial charge in [0, 0.05) is 61.6 Å². The van der Waals surface area contributed by atoms with Gasteiger partial charge in [-0.1, -0.05) is 0 Å². The van der Waals surface area contributed by atoms with Gasteiger partial charge in [0.2, 0.25) is 0 Å². The molecule has 3 aliphatic carbocycles. The molecule has 2 amide bonds. The normalized spacial score (nSPS) is 25.7. The predicted octanol–water partition coefficient (Wildman–Crippen LogP) is 3.61. The molecule has 5 aliphatic rings. The highest BCUT2D eigenvalue weighted by atomic mass is 19.4. The summed E-state index contributed by atoms with van der Waals surface area (Å²) >= 11 is 0. The van der Waals surface area contributed by atoms with Gasteiger partial charge >= 0.3 is 12.2 Å². The summed E-state index contributed by atoms with van der Waals surface area (Å²) in [5, 5.41) is 12.5. The molecular formula is C23H28F3N7O. The molecule has 0 aromatic carbocycles. The van der Waals surface area contributed by atoms with Crippen molar-refractivity contribution in [3.05, 3.63) is 29.6 Å². The average Bonchev–Trinajstić information content (AvgIpc) is 3.19. The second kappa shape index (κ2) is 6.75. The van der Waals surface area contributed by atoms with Crippen LogP contribution in [0.3, 0.4) is 0 Å². The number of urea groups is 1. The molecule has 0 atom stereocenters. The maximum Gasteiger partial charge on any atom is 0.419 e. The number of carbonyl (C=O) groups excluding carboxylic acids is 1. The highest BCUT2D eigenvalue weighted by Gasteiger charge is 2.58. The molecule has 2 aromatic rings. The molecule has 5 fully saturated rings. The average molecular weight is 476 g/mol. The molecule has 0 unspecified atom stereocenters. The Morgan fingerprint density at radius 2 is 1.56 bits per heavy atom. The van der Waals surface area contributed by atoms with Crippen molar-refractivity contribution in [1.82, 2.24) is 34.8 Å². The van der Waals surface area contributed by atoms with E-state index in [4.69, 9.17) is 0 Å². The van der Waals surface area contributed by atoms with Crippen LogP contribution in [0.4, 0.5) is 18.0 Å². The molecule has 182 valence electrons. The zero-order valence-corrected chi connectivity index (χ0v) is 18.9. The van der Waals surface area contributed by atoms with E-state index in [9.17, 15) is 18.0 Å². The number of hydrogen-bond donors (Lipinski definition) is 1. The number of rotatable bonds is 4. The minimum atomic E-state index is -4.35. The van der Waals surface area contributed by atoms with E-state index >= 15 is 0 Å². The number of aromatic nitrogens is 5. The molecule has 2 saturated heterocycles. The molecular weight excluding hydrogens is 447 g/mol. The van der Waals surface area contributed by atoms with Crippen molar-refractivity contribution < 1.29 is 18.0 Å². The Morgan fingerprint density at radius 3 is 2.12 bits per heavy atom. The Bertz CT molecular complexity index is 1110. The quantitative estimate of drug-likeness (QED) is 0.733. The molecule has 7 rings (SSSR count). The number of hydrogen-bond acceptors (Lipinski definition) is 4. The first-order valence-corrected chi connectivity index (χ1v) is 12.3. The van der Waals surface area contributed by atoms with Crippen LogP contribution in [-0.2, 0) is 12.7 Å². The lowest BCUT2D eigenvalue weighted by atomic mass is 9.57. The van der Waals surface area contributed by atoms with E-state index in [1.807, 2.05) is 9.80 Å². The minimum absolute atomic E-state index is 0.140. The lowest BCUT2D eigenvalue weighted by Gasteiger charge is -2.63. The Hall–Kier alpha value is -2.59. The Morgan fingerprint density at radius 1 is 0.971 bits per heavy atom. The summed E-state index contributed by atoms with van der Waals surface area (Å²) in [4.78, 5) is 20.2. The van der Waals surface area contributed by atoms with Crippen molar-refractivity contribution in [2.75, 3.05) is 26.2 Å². The number of carbonyl (C=O) groups is 1. The van der Waals surface area contributed by atoms with Crippen LogP contribution in [0.15, 0.2) is 12.4 Å². The van der Waals surface area contributed by atoms with Crippen molar-refractivity contribution in [3.8, 4) is 0 Å². The van der Waals surface area contributed by atoms with Crippen LogP contribution in [-0.4, -0.2) is 67.0 Å². The van der Waals surface area contributed by atoms with Gasteiger partial charge in [-0.2, -0.15) is 18.3 Å². The summed E-state index contributed by atoms with van der Waals surface area (Å²) in [5.41, 5.74) is -0.276. The van der Waals surface area contributed by atoms with Crippen LogP contribution in [0.2, 0.25) is 0 Å². The summed E-state index contributed by atoms with van der Waals surface area (Å²) in [6, 6.07) is 0.140. The molecule has 0 bridgehead atoms. The highest BCUT2D eigenvalue weighted by Crippen LogP contribution is 2.57. The summed E-state index contributed by atoms with van der Waals surface area (Å²) in [6.07, 6.45) is 4.10. The number of likely N-dealkylation sites (tertiary alicyclic amines) is 2. The predicted molar refractivity (Wildman–Crippen MR) is 114 cm³/mol. The molecule has 2 spiro atoms. The van der Waals surface area contributed by atoms with Crippen molar-refractivity contribution in [2.45, 2.75) is 63.1 Å². The fourth-order valence-corrected chi connectivity index (χ4v) is 6.87. The van der Waals surface area contributed by atoms with Crippen molar-refractivity contribution >= 4 is 6.03 Å². The van der Waals surface area contributed by atoms with Crippen LogP contribution in [0.5, 0.6) is 0 Å². The van der Waals surface area contributed by atoms with Crippen LogP contribution in [0.25, 0.3) is 0 Å². The third-order valence-corrected chi connectivity index (χ3v) is 8.73. The summed E-state index contributed by atoms with van der Waals surface area (Å²) in [5.74, 6) is 3.42. The van der Waals surface area contributed by atoms with Crippen LogP contribution in [0, 0.1) is 16.7 Å². The van der Waals surface area contributed by atoms with Crippen LogP contribution in [0.1, 0.15) is 67.6 Å². The molecule has 8 nitrogen and oxygen atoms in total. The fraction of sp³-hybridized carbons (Fsp3) is 0.739. The first kappa shape index (κ1) is 20.8. The molecule has 11 heteroatoms. The molecule has 4 heterocycles. The Balaban J connectivity index is 0.844. The minimum Gasteiger partial charge on any atom is -0.328 e. The van der Waals surface area contributed by atoms with E-state index in [0.717, 1.165) is 75.9 Å². The molecule has 0 radical (unpaired) electrons. The van der Waals surface area contributed by atoms with E-state index in [1.165, 1.54) is 17.5 Å². The number of alkyl halides is 3. The second-order valence-corrected chi connectivity index (χ2v) is 11.7. The zero-order valence-electron chi connectivity index (χ0n) is 18.9. The van der Waals surface area contributed by atoms with Gasteiger partial charge in [0.05, 0.1) is 11.8 Å². The van der Waals surface area contributed by atoms with E-state index in [-0.39, 0.29) is 16.9 Å². The Labute approximate surface area is 194 Å². The zero-order chi connectivity index (χ0) is 23.3. The lowest BCUT2D eigenvalue weighted by molar-refractivity contribution is -0.137. The molecule has 3 saturated carbocycles. The maximum absolute atomic E-state index is 12.9. The van der Waals surface area contributed by atoms with Gasteiger partial charge in [0.15, 0.2) is 0 Å². The third-order valence-electron chi connectivity index (χ3n) is 8.73. The largest absolute Gasteiger partial charge is 0.419 e. The van der Waals surface area contributed by atoms with Gasteiger partial charge in [-0.15, -0.1) is 10.2 Å². The maximum atomic E-state index is 12.9. The smallest absolute Gasteiger partial charge is 0.328 e. The first-order chi connectivity index (χ1) is 16.2. The van der Waals surface area contributed by atoms with E-state index < -0.39 is 11.7 Å². The third kappa shape index (κ3) is 3.33. The standard InChI is InChI=1S/C23H28F3N7O/c24-23(25,26)17-7-27-33(9-17)8-14-3-21(4-14)10-31(11-21)20(34)32-12-22(13-32)5-16(6-22)19-28-18(29-30-19)15-1-2-15/h7,9,14-16H,1-6,8,10-13H2,(H,28,29,30). The second-order valence-electron chi connectivity index (χ2n) is 11.7. The lowest BCUT2D eigenvalue weighted by Crippen LogP contribution is -2.71. The van der Waals surface area contributed by atoms with Crippen LogP contribution < -0.4 is 0 Å². The van der Waals surface area contributed by atoms with Crippen molar-refractivity contribution in [3.63, 3.8) is 0 Å². The SMILES string of the molecule is O=C(N1CC2(CC(Cn3cc(C(F)(F)F)cn3)C2)C1)N1CC2(CC(c3nnc(C4CC4)[nH]3)C2)C1. The number of amides is 2. The molecule has 2 aromatic heterocycles. The van der Waals surface area contributed by atoms with E-state index in [0.29, 0.717) is 24.3 Å². The van der Waals surface area contributed by atoms with Gasteiger partial charge in [-0.25, -0.2) is 4.79 Å². The molecule has 2 aliphatic heterocycles. The fourth-order valence-electron chi connectivity index (χ4n) is 6.87.